The van der Waals surface area contributed by atoms with E-state index in [9.17, 15) is 4.79 Å². The van der Waals surface area contributed by atoms with E-state index in [1.54, 1.807) is 0 Å². The quantitative estimate of drug-likeness (QED) is 0.707. The monoisotopic (exact) mass is 237 g/mol. The molecular formula is C14H23NO2. The Morgan fingerprint density at radius 2 is 1.59 bits per heavy atom. The Bertz CT molecular complexity index is 316. The first-order valence-corrected chi connectivity index (χ1v) is 6.89. The summed E-state index contributed by atoms with van der Waals surface area (Å²) >= 11 is 0. The van der Waals surface area contributed by atoms with Crippen LogP contribution in [0.3, 0.4) is 0 Å². The van der Waals surface area contributed by atoms with Crippen molar-refractivity contribution in [1.82, 2.24) is 5.32 Å². The smallest absolute Gasteiger partial charge is 0.309 e. The van der Waals surface area contributed by atoms with Crippen LogP contribution < -0.4 is 5.32 Å². The average molecular weight is 237 g/mol. The van der Waals surface area contributed by atoms with Gasteiger partial charge in [-0.05, 0) is 70.4 Å². The Morgan fingerprint density at radius 1 is 1.06 bits per heavy atom. The minimum Gasteiger partial charge on any atom is -0.460 e. The molecule has 3 rings (SSSR count). The van der Waals surface area contributed by atoms with Gasteiger partial charge in [0.25, 0.3) is 0 Å². The molecule has 2 aliphatic carbocycles. The van der Waals surface area contributed by atoms with Gasteiger partial charge in [-0.1, -0.05) is 0 Å². The van der Waals surface area contributed by atoms with Gasteiger partial charge in [-0.15, -0.1) is 0 Å². The number of carbonyl (C=O) groups excluding carboxylic acids is 1. The second kappa shape index (κ2) is 3.71. The molecule has 1 aliphatic heterocycles. The lowest BCUT2D eigenvalue weighted by molar-refractivity contribution is -0.159. The lowest BCUT2D eigenvalue weighted by Crippen LogP contribution is -2.42. The number of fused-ring (bicyclic) bond motifs is 4. The van der Waals surface area contributed by atoms with Crippen LogP contribution in [0.5, 0.6) is 0 Å². The van der Waals surface area contributed by atoms with Gasteiger partial charge in [0.1, 0.15) is 5.60 Å². The van der Waals surface area contributed by atoms with Gasteiger partial charge in [0.05, 0.1) is 5.92 Å². The van der Waals surface area contributed by atoms with E-state index < -0.39 is 0 Å². The third kappa shape index (κ3) is 1.88. The van der Waals surface area contributed by atoms with Gasteiger partial charge >= 0.3 is 5.97 Å². The van der Waals surface area contributed by atoms with E-state index in [0.717, 1.165) is 36.5 Å². The summed E-state index contributed by atoms with van der Waals surface area (Å²) in [6, 6.07) is 0. The molecule has 1 heterocycles. The Labute approximate surface area is 103 Å². The van der Waals surface area contributed by atoms with Crippen LogP contribution in [-0.4, -0.2) is 24.7 Å². The van der Waals surface area contributed by atoms with Gasteiger partial charge in [0, 0.05) is 0 Å². The molecule has 0 spiro atoms. The van der Waals surface area contributed by atoms with E-state index in [1.807, 2.05) is 20.8 Å². The second-order valence-electron chi connectivity index (χ2n) is 7.02. The van der Waals surface area contributed by atoms with Crippen molar-refractivity contribution in [2.45, 2.75) is 39.2 Å². The average Bonchev–Trinajstić information content (AvgIpc) is 2.71. The maximum atomic E-state index is 12.1. The summed E-state index contributed by atoms with van der Waals surface area (Å²) in [5.41, 5.74) is -0.337. The molecule has 0 aromatic rings. The second-order valence-corrected chi connectivity index (χ2v) is 7.02. The molecule has 3 fully saturated rings. The highest BCUT2D eigenvalue weighted by Crippen LogP contribution is 2.58. The molecule has 17 heavy (non-hydrogen) atoms. The summed E-state index contributed by atoms with van der Waals surface area (Å²) in [6.07, 6.45) is 2.14. The number of ether oxygens (including phenoxy) is 1. The first kappa shape index (κ1) is 11.5. The number of esters is 1. The maximum absolute atomic E-state index is 12.1. The molecule has 0 bridgehead atoms. The van der Waals surface area contributed by atoms with Crippen LogP contribution in [-0.2, 0) is 9.53 Å². The van der Waals surface area contributed by atoms with E-state index in [1.165, 1.54) is 13.1 Å². The molecule has 1 unspecified atom stereocenters. The summed E-state index contributed by atoms with van der Waals surface area (Å²) in [6.45, 7) is 8.20. The molecule has 3 heteroatoms. The largest absolute Gasteiger partial charge is 0.460 e. The maximum Gasteiger partial charge on any atom is 0.309 e. The summed E-state index contributed by atoms with van der Waals surface area (Å²) < 4.78 is 5.51. The molecule has 0 radical (unpaired) electrons. The number of rotatable bonds is 1. The van der Waals surface area contributed by atoms with E-state index in [-0.39, 0.29) is 17.5 Å². The van der Waals surface area contributed by atoms with Crippen molar-refractivity contribution in [2.24, 2.45) is 29.6 Å². The van der Waals surface area contributed by atoms with Gasteiger partial charge in [0.15, 0.2) is 0 Å². The third-order valence-electron chi connectivity index (χ3n) is 4.81. The molecular weight excluding hydrogens is 214 g/mol. The first-order chi connectivity index (χ1) is 7.96. The molecule has 0 aromatic carbocycles. The van der Waals surface area contributed by atoms with Gasteiger partial charge < -0.3 is 10.1 Å². The molecule has 3 nitrogen and oxygen atoms in total. The molecule has 1 saturated heterocycles. The SMILES string of the molecule is CC(C)(C)OC(=O)C1C[C@@H]2[C@H]3CNC[C@H]3[C@@H]2C1. The Hall–Kier alpha value is -0.570. The molecule has 0 aromatic heterocycles. The zero-order valence-corrected chi connectivity index (χ0v) is 11.0. The molecule has 96 valence electrons. The number of hydrogen-bond donors (Lipinski definition) is 1. The summed E-state index contributed by atoms with van der Waals surface area (Å²) in [4.78, 5) is 12.1. The summed E-state index contributed by atoms with van der Waals surface area (Å²) in [5, 5.41) is 3.48. The van der Waals surface area contributed by atoms with Crippen LogP contribution in [0.1, 0.15) is 33.6 Å². The van der Waals surface area contributed by atoms with Crippen molar-refractivity contribution < 1.29 is 9.53 Å². The van der Waals surface area contributed by atoms with Crippen LogP contribution in [0.4, 0.5) is 0 Å². The fourth-order valence-electron chi connectivity index (χ4n) is 4.18. The summed E-state index contributed by atoms with van der Waals surface area (Å²) in [7, 11) is 0. The molecule has 5 atom stereocenters. The minimum atomic E-state index is -0.337. The number of hydrogen-bond acceptors (Lipinski definition) is 3. The normalized spacial score (nSPS) is 43.8. The highest BCUT2D eigenvalue weighted by atomic mass is 16.6. The molecule has 2 saturated carbocycles. The lowest BCUT2D eigenvalue weighted by Gasteiger charge is -2.44. The zero-order valence-electron chi connectivity index (χ0n) is 11.0. The van der Waals surface area contributed by atoms with E-state index in [4.69, 9.17) is 4.74 Å². The van der Waals surface area contributed by atoms with Crippen molar-refractivity contribution in [3.63, 3.8) is 0 Å². The van der Waals surface area contributed by atoms with Crippen molar-refractivity contribution in [3.8, 4) is 0 Å². The zero-order chi connectivity index (χ0) is 12.2. The van der Waals surface area contributed by atoms with Gasteiger partial charge in [-0.25, -0.2) is 0 Å². The predicted molar refractivity (Wildman–Crippen MR) is 65.4 cm³/mol. The fraction of sp³-hybridized carbons (Fsp3) is 0.929. The van der Waals surface area contributed by atoms with Gasteiger partial charge in [-0.3, -0.25) is 4.79 Å². The van der Waals surface area contributed by atoms with Crippen LogP contribution in [0.15, 0.2) is 0 Å². The molecule has 1 N–H and O–H groups in total. The third-order valence-corrected chi connectivity index (χ3v) is 4.81. The Morgan fingerprint density at radius 3 is 2.06 bits per heavy atom. The minimum absolute atomic E-state index is 0.0398. The highest BCUT2D eigenvalue weighted by Gasteiger charge is 2.57. The van der Waals surface area contributed by atoms with Gasteiger partial charge in [0.2, 0.25) is 0 Å². The number of nitrogens with one attached hydrogen (secondary N) is 1. The Kier molecular flexibility index (Phi) is 2.51. The van der Waals surface area contributed by atoms with Crippen LogP contribution in [0, 0.1) is 29.6 Å². The van der Waals surface area contributed by atoms with E-state index in [2.05, 4.69) is 5.32 Å². The van der Waals surface area contributed by atoms with Crippen molar-refractivity contribution >= 4 is 5.97 Å². The Balaban J connectivity index is 1.60. The lowest BCUT2D eigenvalue weighted by atomic mass is 9.60. The standard InChI is InChI=1S/C14H23NO2/c1-14(2,3)17-13(16)8-4-9-10(5-8)12-7-15-6-11(9)12/h8-12,15H,4-7H2,1-3H3/t8?,9-,10+,11+,12-. The van der Waals surface area contributed by atoms with E-state index >= 15 is 0 Å². The first-order valence-electron chi connectivity index (χ1n) is 6.89. The summed E-state index contributed by atoms with van der Waals surface area (Å²) in [5.74, 6) is 3.52. The topological polar surface area (TPSA) is 38.3 Å². The van der Waals surface area contributed by atoms with Crippen molar-refractivity contribution in [1.29, 1.82) is 0 Å². The molecule has 3 aliphatic rings. The highest BCUT2D eigenvalue weighted by molar-refractivity contribution is 5.73. The van der Waals surface area contributed by atoms with Crippen molar-refractivity contribution in [3.05, 3.63) is 0 Å². The molecule has 0 amide bonds. The van der Waals surface area contributed by atoms with E-state index in [0.29, 0.717) is 0 Å². The van der Waals surface area contributed by atoms with Crippen LogP contribution >= 0.6 is 0 Å². The fourth-order valence-corrected chi connectivity index (χ4v) is 4.18. The van der Waals surface area contributed by atoms with Crippen LogP contribution in [0.25, 0.3) is 0 Å². The number of carbonyl (C=O) groups is 1. The predicted octanol–water partition coefficient (Wildman–Crippen LogP) is 1.82. The van der Waals surface area contributed by atoms with Crippen LogP contribution in [0.2, 0.25) is 0 Å². The van der Waals surface area contributed by atoms with Gasteiger partial charge in [-0.2, -0.15) is 0 Å². The van der Waals surface area contributed by atoms with Crippen molar-refractivity contribution in [2.75, 3.05) is 13.1 Å².